The molecule has 3 heterocycles. The quantitative estimate of drug-likeness (QED) is 0.826. The molecule has 2 aromatic heterocycles. The highest BCUT2D eigenvalue weighted by atomic mass is 16.2. The summed E-state index contributed by atoms with van der Waals surface area (Å²) in [7, 11) is 3.36. The maximum atomic E-state index is 12.7. The largest absolute Gasteiger partial charge is 0.347 e. The van der Waals surface area contributed by atoms with Gasteiger partial charge < -0.3 is 9.80 Å². The Morgan fingerprint density at radius 3 is 2.86 bits per heavy atom. The molecule has 0 aliphatic carbocycles. The molecular weight excluding hydrogens is 286 g/mol. The van der Waals surface area contributed by atoms with Gasteiger partial charge in [0.05, 0.1) is 5.56 Å². The Morgan fingerprint density at radius 1 is 1.36 bits per heavy atom. The minimum Gasteiger partial charge on any atom is -0.347 e. The zero-order valence-corrected chi connectivity index (χ0v) is 12.4. The van der Waals surface area contributed by atoms with Gasteiger partial charge in [-0.05, 0) is 25.0 Å². The summed E-state index contributed by atoms with van der Waals surface area (Å²) in [5, 5.41) is 6.15. The predicted octanol–water partition coefficient (Wildman–Crippen LogP) is -0.285. The van der Waals surface area contributed by atoms with Crippen LogP contribution < -0.4 is 5.69 Å². The molecule has 1 aliphatic heterocycles. The summed E-state index contributed by atoms with van der Waals surface area (Å²) in [5.41, 5.74) is 0.422. The fraction of sp³-hybridized carbons (Fsp3) is 0.429. The second kappa shape index (κ2) is 5.28. The second-order valence-corrected chi connectivity index (χ2v) is 5.56. The average molecular weight is 303 g/mol. The maximum Gasteiger partial charge on any atom is 0.347 e. The van der Waals surface area contributed by atoms with Crippen LogP contribution in [0.2, 0.25) is 0 Å². The van der Waals surface area contributed by atoms with Crippen molar-refractivity contribution in [1.29, 1.82) is 0 Å². The minimum atomic E-state index is -0.431. The van der Waals surface area contributed by atoms with Crippen LogP contribution in [0.25, 0.3) is 5.65 Å². The molecule has 2 amide bonds. The number of hydrogen-bond donors (Lipinski definition) is 1. The first-order chi connectivity index (χ1) is 10.5. The predicted molar refractivity (Wildman–Crippen MR) is 78.6 cm³/mol. The van der Waals surface area contributed by atoms with Gasteiger partial charge in [-0.1, -0.05) is 0 Å². The van der Waals surface area contributed by atoms with Crippen LogP contribution >= 0.6 is 0 Å². The Bertz CT molecular complexity index is 791. The SMILES string of the molecule is CN(C)C(=O)C1CCCN1C(=O)c1ccc2n[nH]c(=O)n2c1. The normalized spacial score (nSPS) is 17.9. The molecule has 1 unspecified atom stereocenters. The number of H-pyrrole nitrogens is 1. The number of nitrogens with zero attached hydrogens (tertiary/aromatic N) is 4. The molecule has 0 aromatic carbocycles. The summed E-state index contributed by atoms with van der Waals surface area (Å²) in [4.78, 5) is 39.5. The lowest BCUT2D eigenvalue weighted by Crippen LogP contribution is -2.45. The van der Waals surface area contributed by atoms with E-state index in [9.17, 15) is 14.4 Å². The van der Waals surface area contributed by atoms with E-state index in [-0.39, 0.29) is 11.8 Å². The highest BCUT2D eigenvalue weighted by Crippen LogP contribution is 2.21. The third kappa shape index (κ3) is 2.26. The van der Waals surface area contributed by atoms with Crippen LogP contribution in [-0.2, 0) is 4.79 Å². The van der Waals surface area contributed by atoms with Gasteiger partial charge in [-0.2, -0.15) is 5.10 Å². The molecular formula is C14H17N5O3. The lowest BCUT2D eigenvalue weighted by Gasteiger charge is -2.26. The lowest BCUT2D eigenvalue weighted by atomic mass is 10.1. The fourth-order valence-electron chi connectivity index (χ4n) is 2.76. The van der Waals surface area contributed by atoms with Crippen molar-refractivity contribution in [2.45, 2.75) is 18.9 Å². The van der Waals surface area contributed by atoms with Gasteiger partial charge >= 0.3 is 5.69 Å². The van der Waals surface area contributed by atoms with E-state index >= 15 is 0 Å². The van der Waals surface area contributed by atoms with Crippen molar-refractivity contribution in [3.8, 4) is 0 Å². The fourth-order valence-corrected chi connectivity index (χ4v) is 2.76. The number of rotatable bonds is 2. The monoisotopic (exact) mass is 303 g/mol. The molecule has 8 heteroatoms. The number of carbonyl (C=O) groups excluding carboxylic acids is 2. The van der Waals surface area contributed by atoms with E-state index in [1.807, 2.05) is 0 Å². The third-order valence-corrected chi connectivity index (χ3v) is 3.90. The molecule has 0 spiro atoms. The number of likely N-dealkylation sites (N-methyl/N-ethyl adjacent to an activating group) is 1. The van der Waals surface area contributed by atoms with E-state index in [2.05, 4.69) is 10.2 Å². The third-order valence-electron chi connectivity index (χ3n) is 3.90. The van der Waals surface area contributed by atoms with Crippen LogP contribution in [0.15, 0.2) is 23.1 Å². The Hall–Kier alpha value is -2.64. The number of hydrogen-bond acceptors (Lipinski definition) is 4. The van der Waals surface area contributed by atoms with Gasteiger partial charge in [0.25, 0.3) is 5.91 Å². The molecule has 1 fully saturated rings. The minimum absolute atomic E-state index is 0.0765. The van der Waals surface area contributed by atoms with Crippen LogP contribution in [-0.4, -0.2) is 62.9 Å². The molecule has 1 aliphatic rings. The van der Waals surface area contributed by atoms with Gasteiger partial charge in [0.15, 0.2) is 5.65 Å². The Labute approximate surface area is 126 Å². The van der Waals surface area contributed by atoms with Gasteiger partial charge in [-0.25, -0.2) is 14.3 Å². The summed E-state index contributed by atoms with van der Waals surface area (Å²) in [6, 6.07) is 2.79. The van der Waals surface area contributed by atoms with Crippen LogP contribution in [0.3, 0.4) is 0 Å². The zero-order valence-electron chi connectivity index (χ0n) is 12.4. The Morgan fingerprint density at radius 2 is 2.14 bits per heavy atom. The number of aromatic nitrogens is 3. The summed E-state index contributed by atoms with van der Waals surface area (Å²) in [6.07, 6.45) is 2.92. The van der Waals surface area contributed by atoms with E-state index < -0.39 is 11.7 Å². The van der Waals surface area contributed by atoms with Gasteiger partial charge in [0.1, 0.15) is 6.04 Å². The molecule has 0 radical (unpaired) electrons. The average Bonchev–Trinajstić information content (AvgIpc) is 3.12. The molecule has 2 aromatic rings. The molecule has 22 heavy (non-hydrogen) atoms. The summed E-state index contributed by atoms with van der Waals surface area (Å²) < 4.78 is 1.28. The van der Waals surface area contributed by atoms with E-state index in [0.717, 1.165) is 6.42 Å². The first kappa shape index (κ1) is 14.3. The van der Waals surface area contributed by atoms with Crippen LogP contribution in [0.5, 0.6) is 0 Å². The molecule has 8 nitrogen and oxygen atoms in total. The molecule has 0 saturated carbocycles. The number of amides is 2. The van der Waals surface area contributed by atoms with Crippen molar-refractivity contribution in [2.75, 3.05) is 20.6 Å². The van der Waals surface area contributed by atoms with Crippen LogP contribution in [0.1, 0.15) is 23.2 Å². The second-order valence-electron chi connectivity index (χ2n) is 5.56. The number of aromatic amines is 1. The van der Waals surface area contributed by atoms with Gasteiger partial charge in [0, 0.05) is 26.8 Å². The van der Waals surface area contributed by atoms with Crippen molar-refractivity contribution in [3.05, 3.63) is 34.4 Å². The van der Waals surface area contributed by atoms with Gasteiger partial charge in [-0.15, -0.1) is 0 Å². The molecule has 3 rings (SSSR count). The van der Waals surface area contributed by atoms with Gasteiger partial charge in [-0.3, -0.25) is 9.59 Å². The number of nitrogens with one attached hydrogen (secondary N) is 1. The zero-order chi connectivity index (χ0) is 15.9. The van der Waals surface area contributed by atoms with Crippen LogP contribution in [0, 0.1) is 0 Å². The summed E-state index contributed by atoms with van der Waals surface area (Å²) in [5.74, 6) is -0.319. The summed E-state index contributed by atoms with van der Waals surface area (Å²) in [6.45, 7) is 0.543. The number of pyridine rings is 1. The topological polar surface area (TPSA) is 90.8 Å². The first-order valence-corrected chi connectivity index (χ1v) is 7.08. The Balaban J connectivity index is 1.92. The molecule has 0 bridgehead atoms. The van der Waals surface area contributed by atoms with Crippen molar-refractivity contribution < 1.29 is 9.59 Å². The van der Waals surface area contributed by atoms with Gasteiger partial charge in [0.2, 0.25) is 5.91 Å². The van der Waals surface area contributed by atoms with Crippen molar-refractivity contribution >= 4 is 17.5 Å². The van der Waals surface area contributed by atoms with E-state index in [4.69, 9.17) is 0 Å². The van der Waals surface area contributed by atoms with Crippen molar-refractivity contribution in [3.63, 3.8) is 0 Å². The highest BCUT2D eigenvalue weighted by Gasteiger charge is 2.35. The standard InChI is InChI=1S/C14H17N5O3/c1-17(2)13(21)10-4-3-7-18(10)12(20)9-5-6-11-15-16-14(22)19(11)8-9/h5-6,8,10H,3-4,7H2,1-2H3,(H,16,22). The lowest BCUT2D eigenvalue weighted by molar-refractivity contribution is -0.132. The Kier molecular flexibility index (Phi) is 3.44. The number of carbonyl (C=O) groups is 2. The first-order valence-electron chi connectivity index (χ1n) is 7.08. The smallest absolute Gasteiger partial charge is 0.347 e. The molecule has 1 atom stereocenters. The number of fused-ring (bicyclic) bond motifs is 1. The highest BCUT2D eigenvalue weighted by molar-refractivity contribution is 5.97. The maximum absolute atomic E-state index is 12.7. The van der Waals surface area contributed by atoms with E-state index in [1.165, 1.54) is 15.5 Å². The molecule has 1 N–H and O–H groups in total. The molecule has 1 saturated heterocycles. The number of likely N-dealkylation sites (tertiary alicyclic amines) is 1. The van der Waals surface area contributed by atoms with E-state index in [0.29, 0.717) is 24.2 Å². The van der Waals surface area contributed by atoms with E-state index in [1.54, 1.807) is 31.1 Å². The molecule has 116 valence electrons. The summed E-state index contributed by atoms with van der Waals surface area (Å²) >= 11 is 0. The van der Waals surface area contributed by atoms with Crippen molar-refractivity contribution in [2.24, 2.45) is 0 Å². The van der Waals surface area contributed by atoms with Crippen LogP contribution in [0.4, 0.5) is 0 Å². The van der Waals surface area contributed by atoms with Crippen molar-refractivity contribution in [1.82, 2.24) is 24.4 Å².